The molecule has 1 fully saturated rings. The van der Waals surface area contributed by atoms with Gasteiger partial charge in [-0.2, -0.15) is 0 Å². The molecule has 1 aromatic heterocycles. The third kappa shape index (κ3) is 3.31. The lowest BCUT2D eigenvalue weighted by atomic mass is 10.2. The van der Waals surface area contributed by atoms with E-state index in [2.05, 4.69) is 5.16 Å². The van der Waals surface area contributed by atoms with Crippen LogP contribution in [0.3, 0.4) is 0 Å². The number of carbonyl (C=O) groups excluding carboxylic acids is 1. The van der Waals surface area contributed by atoms with Gasteiger partial charge in [-0.3, -0.25) is 4.79 Å². The first-order valence-electron chi connectivity index (χ1n) is 7.18. The number of rotatable bonds is 6. The molecule has 0 atom stereocenters. The van der Waals surface area contributed by atoms with Crippen LogP contribution in [0.25, 0.3) is 0 Å². The lowest BCUT2D eigenvalue weighted by molar-refractivity contribution is 0.0697. The molecule has 0 unspecified atom stereocenters. The van der Waals surface area contributed by atoms with E-state index in [9.17, 15) is 9.90 Å². The Hall–Kier alpha value is -2.14. The molecule has 0 bridgehead atoms. The molecule has 0 saturated heterocycles. The second-order valence-electron chi connectivity index (χ2n) is 5.32. The van der Waals surface area contributed by atoms with Crippen molar-refractivity contribution < 1.29 is 14.4 Å². The number of amides is 1. The Bertz CT molecular complexity index is 605. The van der Waals surface area contributed by atoms with Crippen LogP contribution in [0.15, 0.2) is 40.9 Å². The van der Waals surface area contributed by atoms with E-state index in [1.54, 1.807) is 11.0 Å². The van der Waals surface area contributed by atoms with Crippen molar-refractivity contribution in [2.75, 3.05) is 13.2 Å². The Morgan fingerprint density at radius 1 is 1.33 bits per heavy atom. The predicted octanol–water partition coefficient (Wildman–Crippen LogP) is 2.19. The van der Waals surface area contributed by atoms with Gasteiger partial charge in [0.2, 0.25) is 0 Å². The highest BCUT2D eigenvalue weighted by molar-refractivity contribution is 5.92. The van der Waals surface area contributed by atoms with E-state index in [4.69, 9.17) is 4.52 Å². The lowest BCUT2D eigenvalue weighted by Crippen LogP contribution is -2.33. The van der Waals surface area contributed by atoms with Crippen LogP contribution < -0.4 is 0 Å². The highest BCUT2D eigenvalue weighted by atomic mass is 16.5. The van der Waals surface area contributed by atoms with Crippen LogP contribution in [0, 0.1) is 0 Å². The second-order valence-corrected chi connectivity index (χ2v) is 5.32. The number of benzene rings is 1. The molecule has 1 N–H and O–H groups in total. The van der Waals surface area contributed by atoms with Crippen LogP contribution in [-0.2, 0) is 6.54 Å². The van der Waals surface area contributed by atoms with Gasteiger partial charge in [0.25, 0.3) is 5.91 Å². The minimum atomic E-state index is -0.205. The molecule has 1 aliphatic carbocycles. The average molecular weight is 286 g/mol. The van der Waals surface area contributed by atoms with Gasteiger partial charge in [-0.25, -0.2) is 0 Å². The molecule has 1 aromatic carbocycles. The Kier molecular flexibility index (Phi) is 4.01. The molecular weight excluding hydrogens is 268 g/mol. The monoisotopic (exact) mass is 286 g/mol. The van der Waals surface area contributed by atoms with Gasteiger partial charge in [0.1, 0.15) is 5.76 Å². The zero-order valence-corrected chi connectivity index (χ0v) is 11.7. The van der Waals surface area contributed by atoms with E-state index in [0.29, 0.717) is 18.2 Å². The standard InChI is InChI=1S/C16H18N2O3/c19-9-8-18(11-12-4-2-1-3-5-12)16(20)14-10-15(21-17-14)13-6-7-13/h1-5,10,13,19H,6-9,11H2. The van der Waals surface area contributed by atoms with Crippen LogP contribution in [-0.4, -0.2) is 34.2 Å². The summed E-state index contributed by atoms with van der Waals surface area (Å²) in [6.07, 6.45) is 2.21. The summed E-state index contributed by atoms with van der Waals surface area (Å²) in [5, 5.41) is 13.1. The molecule has 0 spiro atoms. The van der Waals surface area contributed by atoms with Gasteiger partial charge >= 0.3 is 0 Å². The number of carbonyl (C=O) groups is 1. The summed E-state index contributed by atoms with van der Waals surface area (Å²) in [4.78, 5) is 14.1. The molecule has 1 heterocycles. The van der Waals surface area contributed by atoms with Gasteiger partial charge in [-0.1, -0.05) is 35.5 Å². The van der Waals surface area contributed by atoms with Crippen molar-refractivity contribution in [3.05, 3.63) is 53.4 Å². The van der Waals surface area contributed by atoms with Crippen molar-refractivity contribution in [3.63, 3.8) is 0 Å². The van der Waals surface area contributed by atoms with Crippen molar-refractivity contribution in [2.24, 2.45) is 0 Å². The summed E-state index contributed by atoms with van der Waals surface area (Å²) in [6, 6.07) is 11.4. The highest BCUT2D eigenvalue weighted by Gasteiger charge is 2.29. The van der Waals surface area contributed by atoms with Crippen molar-refractivity contribution in [3.8, 4) is 0 Å². The average Bonchev–Trinajstić information content (AvgIpc) is 3.25. The minimum Gasteiger partial charge on any atom is -0.395 e. The Morgan fingerprint density at radius 2 is 2.10 bits per heavy atom. The fourth-order valence-electron chi connectivity index (χ4n) is 2.29. The summed E-state index contributed by atoms with van der Waals surface area (Å²) >= 11 is 0. The third-order valence-corrected chi connectivity index (χ3v) is 3.60. The summed E-state index contributed by atoms with van der Waals surface area (Å²) in [5.74, 6) is 1.02. The number of hydrogen-bond acceptors (Lipinski definition) is 4. The highest BCUT2D eigenvalue weighted by Crippen LogP contribution is 2.40. The maximum absolute atomic E-state index is 12.5. The molecule has 0 radical (unpaired) electrons. The lowest BCUT2D eigenvalue weighted by Gasteiger charge is -2.20. The fraction of sp³-hybridized carbons (Fsp3) is 0.375. The zero-order chi connectivity index (χ0) is 14.7. The summed E-state index contributed by atoms with van der Waals surface area (Å²) in [7, 11) is 0. The number of aromatic nitrogens is 1. The van der Waals surface area contributed by atoms with Crippen LogP contribution in [0.5, 0.6) is 0 Å². The van der Waals surface area contributed by atoms with E-state index < -0.39 is 0 Å². The number of hydrogen-bond donors (Lipinski definition) is 1. The molecule has 2 aromatic rings. The first-order chi connectivity index (χ1) is 10.3. The van der Waals surface area contributed by atoms with Gasteiger partial charge in [0.05, 0.1) is 6.61 Å². The van der Waals surface area contributed by atoms with Gasteiger partial charge in [-0.15, -0.1) is 0 Å². The summed E-state index contributed by atoms with van der Waals surface area (Å²) in [6.45, 7) is 0.650. The molecule has 110 valence electrons. The van der Waals surface area contributed by atoms with Gasteiger partial charge < -0.3 is 14.5 Å². The Labute approximate surface area is 123 Å². The van der Waals surface area contributed by atoms with Crippen molar-refractivity contribution in [2.45, 2.75) is 25.3 Å². The fourth-order valence-corrected chi connectivity index (χ4v) is 2.29. The van der Waals surface area contributed by atoms with Crippen LogP contribution in [0.4, 0.5) is 0 Å². The third-order valence-electron chi connectivity index (χ3n) is 3.60. The molecule has 0 aliphatic heterocycles. The van der Waals surface area contributed by atoms with Crippen molar-refractivity contribution >= 4 is 5.91 Å². The van der Waals surface area contributed by atoms with E-state index in [0.717, 1.165) is 24.2 Å². The van der Waals surface area contributed by atoms with Gasteiger partial charge in [0.15, 0.2) is 5.69 Å². The molecule has 21 heavy (non-hydrogen) atoms. The van der Waals surface area contributed by atoms with Gasteiger partial charge in [-0.05, 0) is 18.4 Å². The second kappa shape index (κ2) is 6.10. The molecule has 5 heteroatoms. The minimum absolute atomic E-state index is 0.0775. The topological polar surface area (TPSA) is 66.6 Å². The summed E-state index contributed by atoms with van der Waals surface area (Å²) in [5.41, 5.74) is 1.34. The number of aliphatic hydroxyl groups excluding tert-OH is 1. The van der Waals surface area contributed by atoms with Gasteiger partial charge in [0, 0.05) is 25.1 Å². The Balaban J connectivity index is 1.73. The quantitative estimate of drug-likeness (QED) is 0.884. The molecule has 1 amide bonds. The molecule has 5 nitrogen and oxygen atoms in total. The summed E-state index contributed by atoms with van der Waals surface area (Å²) < 4.78 is 5.23. The predicted molar refractivity (Wildman–Crippen MR) is 76.7 cm³/mol. The molecule has 3 rings (SSSR count). The number of nitrogens with zero attached hydrogens (tertiary/aromatic N) is 2. The SMILES string of the molecule is O=C(c1cc(C2CC2)on1)N(CCO)Cc1ccccc1. The first kappa shape index (κ1) is 13.8. The van der Waals surface area contributed by atoms with E-state index in [1.165, 1.54) is 0 Å². The zero-order valence-electron chi connectivity index (χ0n) is 11.7. The van der Waals surface area contributed by atoms with Crippen molar-refractivity contribution in [1.82, 2.24) is 10.1 Å². The normalized spacial score (nSPS) is 14.1. The van der Waals surface area contributed by atoms with Crippen LogP contribution >= 0.6 is 0 Å². The Morgan fingerprint density at radius 3 is 2.76 bits per heavy atom. The maximum atomic E-state index is 12.5. The van der Waals surface area contributed by atoms with E-state index in [1.807, 2.05) is 30.3 Å². The van der Waals surface area contributed by atoms with Crippen LogP contribution in [0.1, 0.15) is 40.6 Å². The maximum Gasteiger partial charge on any atom is 0.276 e. The smallest absolute Gasteiger partial charge is 0.276 e. The molecular formula is C16H18N2O3. The van der Waals surface area contributed by atoms with E-state index in [-0.39, 0.29) is 19.1 Å². The molecule has 1 aliphatic rings. The van der Waals surface area contributed by atoms with Crippen molar-refractivity contribution in [1.29, 1.82) is 0 Å². The van der Waals surface area contributed by atoms with E-state index >= 15 is 0 Å². The molecule has 1 saturated carbocycles. The first-order valence-corrected chi connectivity index (χ1v) is 7.18. The van der Waals surface area contributed by atoms with Crippen LogP contribution in [0.2, 0.25) is 0 Å². The number of aliphatic hydroxyl groups is 1. The largest absolute Gasteiger partial charge is 0.395 e.